The van der Waals surface area contributed by atoms with Gasteiger partial charge in [0.05, 0.1) is 6.61 Å². The minimum atomic E-state index is -5.63. The van der Waals surface area contributed by atoms with Gasteiger partial charge in [0, 0.05) is 5.56 Å². The average molecular weight is 305 g/mol. The van der Waals surface area contributed by atoms with Gasteiger partial charge in [-0.05, 0) is 30.7 Å². The topological polar surface area (TPSA) is 29.5 Å². The molecular formula is C11H10ClF5O2. The minimum Gasteiger partial charge on any atom is -0.494 e. The lowest BCUT2D eigenvalue weighted by Gasteiger charge is -2.33. The van der Waals surface area contributed by atoms with Crippen LogP contribution in [-0.2, 0) is 5.60 Å². The second kappa shape index (κ2) is 5.13. The van der Waals surface area contributed by atoms with Gasteiger partial charge in [-0.25, -0.2) is 0 Å². The van der Waals surface area contributed by atoms with Gasteiger partial charge in [-0.15, -0.1) is 0 Å². The van der Waals surface area contributed by atoms with Crippen LogP contribution in [0.3, 0.4) is 0 Å². The Morgan fingerprint density at radius 2 is 1.58 bits per heavy atom. The standard InChI is InChI=1S/C11H10ClF5O2/c1-2-19-8-5-3-7(4-6-8)9(18,10(12,13)14)11(15,16)17/h3-6,18H,2H2,1H3. The maximum absolute atomic E-state index is 13.0. The Morgan fingerprint density at radius 3 is 1.89 bits per heavy atom. The van der Waals surface area contributed by atoms with E-state index in [1.54, 1.807) is 6.92 Å². The van der Waals surface area contributed by atoms with Crippen molar-refractivity contribution >= 4 is 11.6 Å². The molecule has 0 aliphatic rings. The van der Waals surface area contributed by atoms with Gasteiger partial charge >= 0.3 is 11.6 Å². The van der Waals surface area contributed by atoms with Crippen molar-refractivity contribution in [3.05, 3.63) is 29.8 Å². The largest absolute Gasteiger partial charge is 0.494 e. The number of benzene rings is 1. The fraction of sp³-hybridized carbons (Fsp3) is 0.455. The molecule has 0 bridgehead atoms. The monoisotopic (exact) mass is 304 g/mol. The predicted molar refractivity (Wildman–Crippen MR) is 58.4 cm³/mol. The number of alkyl halides is 6. The van der Waals surface area contributed by atoms with E-state index in [0.717, 1.165) is 12.1 Å². The quantitative estimate of drug-likeness (QED) is 0.679. The molecule has 108 valence electrons. The Kier molecular flexibility index (Phi) is 4.31. The van der Waals surface area contributed by atoms with Crippen molar-refractivity contribution < 1.29 is 31.8 Å². The van der Waals surface area contributed by atoms with Crippen molar-refractivity contribution in [2.45, 2.75) is 24.1 Å². The summed E-state index contributed by atoms with van der Waals surface area (Å²) in [6.07, 6.45) is -5.63. The molecule has 2 nitrogen and oxygen atoms in total. The van der Waals surface area contributed by atoms with Crippen LogP contribution in [0.1, 0.15) is 12.5 Å². The fourth-order valence-corrected chi connectivity index (χ4v) is 1.66. The molecule has 0 aliphatic carbocycles. The predicted octanol–water partition coefficient (Wildman–Crippen LogP) is 3.67. The van der Waals surface area contributed by atoms with Crippen LogP contribution in [0.5, 0.6) is 5.75 Å². The zero-order valence-corrected chi connectivity index (χ0v) is 10.4. The molecule has 8 heteroatoms. The van der Waals surface area contributed by atoms with Crippen LogP contribution in [0.15, 0.2) is 24.3 Å². The second-order valence-electron chi connectivity index (χ2n) is 3.66. The molecule has 1 unspecified atom stereocenters. The van der Waals surface area contributed by atoms with E-state index in [1.807, 2.05) is 0 Å². The van der Waals surface area contributed by atoms with Gasteiger partial charge in [-0.1, -0.05) is 12.1 Å². The van der Waals surface area contributed by atoms with Crippen LogP contribution in [0.25, 0.3) is 0 Å². The van der Waals surface area contributed by atoms with Gasteiger partial charge in [0.15, 0.2) is 0 Å². The summed E-state index contributed by atoms with van der Waals surface area (Å²) in [6.45, 7) is 1.90. The third-order valence-electron chi connectivity index (χ3n) is 2.40. The Hall–Kier alpha value is -1.08. The van der Waals surface area contributed by atoms with Crippen molar-refractivity contribution in [2.24, 2.45) is 0 Å². The van der Waals surface area contributed by atoms with Crippen LogP contribution in [0.4, 0.5) is 22.0 Å². The van der Waals surface area contributed by atoms with Crippen LogP contribution in [-0.4, -0.2) is 23.3 Å². The molecule has 0 radical (unpaired) electrons. The van der Waals surface area contributed by atoms with Gasteiger partial charge in [0.1, 0.15) is 5.75 Å². The normalized spacial score (nSPS) is 16.0. The molecule has 1 rings (SSSR count). The number of rotatable bonds is 4. The molecule has 1 N–H and O–H groups in total. The van der Waals surface area contributed by atoms with E-state index in [-0.39, 0.29) is 12.4 Å². The highest BCUT2D eigenvalue weighted by molar-refractivity contribution is 6.22. The van der Waals surface area contributed by atoms with E-state index >= 15 is 0 Å². The van der Waals surface area contributed by atoms with Crippen molar-refractivity contribution in [3.8, 4) is 5.75 Å². The molecule has 0 saturated heterocycles. The summed E-state index contributed by atoms with van der Waals surface area (Å²) in [6, 6.07) is 3.46. The SMILES string of the molecule is CCOc1ccc(C(O)(C(F)(F)F)C(F)(F)Cl)cc1. The lowest BCUT2D eigenvalue weighted by Crippen LogP contribution is -2.53. The smallest absolute Gasteiger partial charge is 0.428 e. The zero-order valence-electron chi connectivity index (χ0n) is 9.64. The maximum atomic E-state index is 13.0. The van der Waals surface area contributed by atoms with Crippen LogP contribution in [0.2, 0.25) is 0 Å². The Balaban J connectivity index is 3.28. The highest BCUT2D eigenvalue weighted by atomic mass is 35.5. The highest BCUT2D eigenvalue weighted by Crippen LogP contribution is 2.51. The van der Waals surface area contributed by atoms with E-state index in [0.29, 0.717) is 12.1 Å². The molecular weight excluding hydrogens is 295 g/mol. The summed E-state index contributed by atoms with van der Waals surface area (Å²) in [7, 11) is 0. The van der Waals surface area contributed by atoms with Crippen molar-refractivity contribution in [1.82, 2.24) is 0 Å². The van der Waals surface area contributed by atoms with Crippen molar-refractivity contribution in [1.29, 1.82) is 0 Å². The van der Waals surface area contributed by atoms with Gasteiger partial charge in [0.25, 0.3) is 5.60 Å². The molecule has 0 spiro atoms. The molecule has 0 amide bonds. The summed E-state index contributed by atoms with van der Waals surface area (Å²) >= 11 is 4.43. The molecule has 19 heavy (non-hydrogen) atoms. The van der Waals surface area contributed by atoms with Gasteiger partial charge < -0.3 is 9.84 Å². The third-order valence-corrected chi connectivity index (χ3v) is 2.68. The summed E-state index contributed by atoms with van der Waals surface area (Å²) in [4.78, 5) is 0. The molecule has 0 fully saturated rings. The lowest BCUT2D eigenvalue weighted by molar-refractivity contribution is -0.317. The van der Waals surface area contributed by atoms with E-state index in [9.17, 15) is 27.1 Å². The summed E-state index contributed by atoms with van der Waals surface area (Å²) in [5, 5.41) is 4.42. The first-order chi connectivity index (χ1) is 8.54. The minimum absolute atomic E-state index is 0.189. The highest BCUT2D eigenvalue weighted by Gasteiger charge is 2.69. The molecule has 1 atom stereocenters. The zero-order chi connectivity index (χ0) is 14.9. The Labute approximate surface area is 110 Å². The van der Waals surface area contributed by atoms with E-state index in [1.165, 1.54) is 0 Å². The third kappa shape index (κ3) is 2.92. The summed E-state index contributed by atoms with van der Waals surface area (Å²) in [5.74, 6) is 0.189. The number of halogens is 6. The first-order valence-electron chi connectivity index (χ1n) is 5.13. The molecule has 0 aromatic heterocycles. The number of hydrogen-bond acceptors (Lipinski definition) is 2. The first kappa shape index (κ1) is 16.0. The Morgan fingerprint density at radius 1 is 1.11 bits per heavy atom. The van der Waals surface area contributed by atoms with Gasteiger partial charge in [-0.2, -0.15) is 22.0 Å². The molecule has 0 heterocycles. The number of aliphatic hydroxyl groups is 1. The summed E-state index contributed by atoms with van der Waals surface area (Å²) < 4.78 is 69.0. The number of hydrogen-bond donors (Lipinski definition) is 1. The van der Waals surface area contributed by atoms with E-state index in [4.69, 9.17) is 4.74 Å². The van der Waals surface area contributed by atoms with Crippen LogP contribution >= 0.6 is 11.6 Å². The van der Waals surface area contributed by atoms with Crippen molar-refractivity contribution in [2.75, 3.05) is 6.61 Å². The lowest BCUT2D eigenvalue weighted by atomic mass is 9.93. The average Bonchev–Trinajstić information content (AvgIpc) is 2.26. The molecule has 0 saturated carbocycles. The van der Waals surface area contributed by atoms with Crippen LogP contribution < -0.4 is 4.74 Å². The van der Waals surface area contributed by atoms with Gasteiger partial charge in [0.2, 0.25) is 0 Å². The molecule has 1 aromatic carbocycles. The fourth-order valence-electron chi connectivity index (χ4n) is 1.45. The summed E-state index contributed by atoms with van der Waals surface area (Å²) in [5.41, 5.74) is -5.53. The second-order valence-corrected chi connectivity index (χ2v) is 4.14. The Bertz CT molecular complexity index is 410. The van der Waals surface area contributed by atoms with Gasteiger partial charge in [-0.3, -0.25) is 0 Å². The van der Waals surface area contributed by atoms with Crippen molar-refractivity contribution in [3.63, 3.8) is 0 Å². The maximum Gasteiger partial charge on any atom is 0.428 e. The van der Waals surface area contributed by atoms with E-state index in [2.05, 4.69) is 11.6 Å². The first-order valence-corrected chi connectivity index (χ1v) is 5.51. The van der Waals surface area contributed by atoms with E-state index < -0.39 is 22.7 Å². The molecule has 0 aliphatic heterocycles. The van der Waals surface area contributed by atoms with Crippen LogP contribution in [0, 0.1) is 0 Å². The number of ether oxygens (including phenoxy) is 1. The molecule has 1 aromatic rings.